The van der Waals surface area contributed by atoms with Gasteiger partial charge in [-0.1, -0.05) is 26.0 Å². The highest BCUT2D eigenvalue weighted by atomic mass is 32.2. The Hall–Kier alpha value is -0.960. The maximum absolute atomic E-state index is 10.6. The first kappa shape index (κ1) is 13.1. The van der Waals surface area contributed by atoms with Gasteiger partial charge in [0.25, 0.3) is 0 Å². The summed E-state index contributed by atoms with van der Waals surface area (Å²) in [5, 5.41) is 8.70. The second kappa shape index (κ2) is 5.39. The van der Waals surface area contributed by atoms with Crippen LogP contribution in [0.3, 0.4) is 0 Å². The number of carboxylic acid groups (broad SMARTS) is 1. The first-order chi connectivity index (χ1) is 7.45. The highest BCUT2D eigenvalue weighted by molar-refractivity contribution is 7.98. The van der Waals surface area contributed by atoms with Gasteiger partial charge in [0.05, 0.1) is 0 Å². The molecule has 0 heterocycles. The quantitative estimate of drug-likeness (QED) is 0.797. The third kappa shape index (κ3) is 3.56. The molecule has 0 saturated carbocycles. The minimum Gasteiger partial charge on any atom is -0.481 e. The van der Waals surface area contributed by atoms with Gasteiger partial charge in [0, 0.05) is 11.3 Å². The van der Waals surface area contributed by atoms with E-state index >= 15 is 0 Å². The summed E-state index contributed by atoms with van der Waals surface area (Å²) >= 11 is 1.71. The summed E-state index contributed by atoms with van der Waals surface area (Å²) in [6.07, 6.45) is 2.93. The molecule has 0 bridgehead atoms. The van der Waals surface area contributed by atoms with Gasteiger partial charge in [-0.15, -0.1) is 11.8 Å². The van der Waals surface area contributed by atoms with Crippen molar-refractivity contribution in [3.63, 3.8) is 0 Å². The van der Waals surface area contributed by atoms with Crippen LogP contribution in [0.5, 0.6) is 0 Å². The second-order valence-electron chi connectivity index (χ2n) is 4.51. The molecule has 0 aliphatic carbocycles. The molecular weight excluding hydrogens is 220 g/mol. The van der Waals surface area contributed by atoms with E-state index in [1.807, 2.05) is 6.26 Å². The van der Waals surface area contributed by atoms with Crippen LogP contribution in [0.15, 0.2) is 29.2 Å². The van der Waals surface area contributed by atoms with E-state index in [4.69, 9.17) is 5.11 Å². The highest BCUT2D eigenvalue weighted by Crippen LogP contribution is 2.29. The third-order valence-electron chi connectivity index (χ3n) is 2.84. The Bertz CT molecular complexity index is 355. The maximum atomic E-state index is 10.6. The molecule has 0 aliphatic heterocycles. The van der Waals surface area contributed by atoms with Gasteiger partial charge in [-0.05, 0) is 35.8 Å². The molecule has 0 aliphatic rings. The zero-order chi connectivity index (χ0) is 12.2. The molecule has 0 atom stereocenters. The van der Waals surface area contributed by atoms with E-state index < -0.39 is 5.97 Å². The van der Waals surface area contributed by atoms with Crippen LogP contribution in [0.1, 0.15) is 32.3 Å². The molecule has 0 fully saturated rings. The molecular formula is C13H18O2S. The Morgan fingerprint density at radius 1 is 1.31 bits per heavy atom. The summed E-state index contributed by atoms with van der Waals surface area (Å²) in [6, 6.07) is 8.35. The number of aliphatic carboxylic acids is 1. The largest absolute Gasteiger partial charge is 0.481 e. The summed E-state index contributed by atoms with van der Waals surface area (Å²) in [5.74, 6) is -0.728. The van der Waals surface area contributed by atoms with Crippen molar-refractivity contribution in [2.75, 3.05) is 6.26 Å². The zero-order valence-corrected chi connectivity index (χ0v) is 10.8. The summed E-state index contributed by atoms with van der Waals surface area (Å²) in [7, 11) is 0. The zero-order valence-electron chi connectivity index (χ0n) is 9.99. The van der Waals surface area contributed by atoms with E-state index in [9.17, 15) is 4.79 Å². The molecule has 16 heavy (non-hydrogen) atoms. The summed E-state index contributed by atoms with van der Waals surface area (Å²) < 4.78 is 0. The van der Waals surface area contributed by atoms with Crippen molar-refractivity contribution >= 4 is 17.7 Å². The van der Waals surface area contributed by atoms with E-state index in [2.05, 4.69) is 38.1 Å². The molecule has 0 amide bonds. The van der Waals surface area contributed by atoms with E-state index in [1.165, 1.54) is 10.5 Å². The normalized spacial score (nSPS) is 11.4. The third-order valence-corrected chi connectivity index (χ3v) is 3.58. The van der Waals surface area contributed by atoms with Crippen molar-refractivity contribution in [2.45, 2.75) is 37.0 Å². The molecule has 1 N–H and O–H groups in total. The monoisotopic (exact) mass is 238 g/mol. The molecule has 2 nitrogen and oxygen atoms in total. The van der Waals surface area contributed by atoms with E-state index in [1.54, 1.807) is 11.8 Å². The van der Waals surface area contributed by atoms with Crippen LogP contribution >= 0.6 is 11.8 Å². The number of rotatable bonds is 5. The standard InChI is InChI=1S/C13H18O2S/c1-13(2,9-8-12(14)15)10-4-6-11(16-3)7-5-10/h4-7H,8-9H2,1-3H3,(H,14,15). The lowest BCUT2D eigenvalue weighted by atomic mass is 9.80. The molecule has 1 aromatic rings. The average molecular weight is 238 g/mol. The first-order valence-corrected chi connectivity index (χ1v) is 6.54. The fraction of sp³-hybridized carbons (Fsp3) is 0.462. The van der Waals surface area contributed by atoms with Gasteiger partial charge < -0.3 is 5.11 Å². The van der Waals surface area contributed by atoms with Gasteiger partial charge in [-0.3, -0.25) is 4.79 Å². The molecule has 0 aromatic heterocycles. The maximum Gasteiger partial charge on any atom is 0.303 e. The van der Waals surface area contributed by atoms with Crippen LogP contribution in [0.4, 0.5) is 0 Å². The molecule has 0 radical (unpaired) electrons. The lowest BCUT2D eigenvalue weighted by Gasteiger charge is -2.24. The molecule has 0 unspecified atom stereocenters. The summed E-state index contributed by atoms with van der Waals surface area (Å²) in [4.78, 5) is 11.8. The predicted molar refractivity (Wildman–Crippen MR) is 68.1 cm³/mol. The minimum absolute atomic E-state index is 0.0741. The van der Waals surface area contributed by atoms with Gasteiger partial charge >= 0.3 is 5.97 Å². The second-order valence-corrected chi connectivity index (χ2v) is 5.39. The molecule has 0 spiro atoms. The number of benzene rings is 1. The topological polar surface area (TPSA) is 37.3 Å². The van der Waals surface area contributed by atoms with Crippen molar-refractivity contribution in [3.05, 3.63) is 29.8 Å². The van der Waals surface area contributed by atoms with Gasteiger partial charge in [0.1, 0.15) is 0 Å². The number of carboxylic acids is 1. The fourth-order valence-corrected chi connectivity index (χ4v) is 2.01. The Morgan fingerprint density at radius 3 is 2.31 bits per heavy atom. The minimum atomic E-state index is -0.728. The molecule has 88 valence electrons. The Labute approximate surface area is 101 Å². The number of carbonyl (C=O) groups is 1. The van der Waals surface area contributed by atoms with Gasteiger partial charge in [-0.2, -0.15) is 0 Å². The van der Waals surface area contributed by atoms with Crippen LogP contribution < -0.4 is 0 Å². The lowest BCUT2D eigenvalue weighted by Crippen LogP contribution is -2.18. The SMILES string of the molecule is CSc1ccc(C(C)(C)CCC(=O)O)cc1. The van der Waals surface area contributed by atoms with E-state index in [0.717, 1.165) is 0 Å². The van der Waals surface area contributed by atoms with Crippen LogP contribution in [-0.4, -0.2) is 17.3 Å². The van der Waals surface area contributed by atoms with Crippen molar-refractivity contribution in [1.29, 1.82) is 0 Å². The Kier molecular flexibility index (Phi) is 4.42. The van der Waals surface area contributed by atoms with Crippen molar-refractivity contribution in [2.24, 2.45) is 0 Å². The molecule has 1 rings (SSSR count). The van der Waals surface area contributed by atoms with Gasteiger partial charge in [0.2, 0.25) is 0 Å². The smallest absolute Gasteiger partial charge is 0.303 e. The number of hydrogen-bond acceptors (Lipinski definition) is 2. The van der Waals surface area contributed by atoms with Crippen LogP contribution in [0, 0.1) is 0 Å². The van der Waals surface area contributed by atoms with Crippen molar-refractivity contribution in [3.8, 4) is 0 Å². The first-order valence-electron chi connectivity index (χ1n) is 5.32. The van der Waals surface area contributed by atoms with Crippen molar-refractivity contribution in [1.82, 2.24) is 0 Å². The van der Waals surface area contributed by atoms with Gasteiger partial charge in [0.15, 0.2) is 0 Å². The predicted octanol–water partition coefficient (Wildman–Crippen LogP) is 3.55. The molecule has 0 saturated heterocycles. The summed E-state index contributed by atoms with van der Waals surface area (Å²) in [6.45, 7) is 4.17. The number of hydrogen-bond donors (Lipinski definition) is 1. The Balaban J connectivity index is 2.76. The van der Waals surface area contributed by atoms with Crippen molar-refractivity contribution < 1.29 is 9.90 Å². The van der Waals surface area contributed by atoms with Crippen LogP contribution in [0.25, 0.3) is 0 Å². The summed E-state index contributed by atoms with van der Waals surface area (Å²) in [5.41, 5.74) is 1.13. The lowest BCUT2D eigenvalue weighted by molar-refractivity contribution is -0.137. The van der Waals surface area contributed by atoms with Gasteiger partial charge in [-0.25, -0.2) is 0 Å². The van der Waals surface area contributed by atoms with Crippen LogP contribution in [0.2, 0.25) is 0 Å². The number of thioether (sulfide) groups is 1. The highest BCUT2D eigenvalue weighted by Gasteiger charge is 2.21. The molecule has 1 aromatic carbocycles. The molecule has 3 heteroatoms. The Morgan fingerprint density at radius 2 is 1.88 bits per heavy atom. The van der Waals surface area contributed by atoms with E-state index in [-0.39, 0.29) is 11.8 Å². The average Bonchev–Trinajstić information content (AvgIpc) is 2.27. The fourth-order valence-electron chi connectivity index (χ4n) is 1.61. The van der Waals surface area contributed by atoms with E-state index in [0.29, 0.717) is 6.42 Å². The van der Waals surface area contributed by atoms with Crippen LogP contribution in [-0.2, 0) is 10.2 Å².